The van der Waals surface area contributed by atoms with Gasteiger partial charge in [0.2, 0.25) is 0 Å². The molecule has 4 aliphatic rings. The summed E-state index contributed by atoms with van der Waals surface area (Å²) in [6.45, 7) is 0. The maximum atomic E-state index is 4.89. The highest BCUT2D eigenvalue weighted by molar-refractivity contribution is 7.99. The van der Waals surface area contributed by atoms with Gasteiger partial charge in [0, 0.05) is 16.9 Å². The minimum atomic E-state index is 0.232. The topological polar surface area (TPSA) is 30.7 Å². The van der Waals surface area contributed by atoms with E-state index < -0.39 is 0 Å². The van der Waals surface area contributed by atoms with Crippen LogP contribution in [0.1, 0.15) is 49.9 Å². The molecular weight excluding hydrogens is 398 g/mol. The fourth-order valence-electron chi connectivity index (χ4n) is 6.77. The van der Waals surface area contributed by atoms with Crippen LogP contribution in [-0.4, -0.2) is 20.5 Å². The molecule has 158 valence electrons. The van der Waals surface area contributed by atoms with E-state index in [1.807, 2.05) is 0 Å². The van der Waals surface area contributed by atoms with Gasteiger partial charge in [0.15, 0.2) is 5.16 Å². The molecule has 0 atom stereocenters. The van der Waals surface area contributed by atoms with Crippen LogP contribution in [0.25, 0.3) is 11.8 Å². The van der Waals surface area contributed by atoms with Crippen molar-refractivity contribution in [1.29, 1.82) is 0 Å². The minimum absolute atomic E-state index is 0.232. The zero-order valence-electron chi connectivity index (χ0n) is 17.9. The van der Waals surface area contributed by atoms with E-state index in [9.17, 15) is 0 Å². The molecule has 0 unspecified atom stereocenters. The van der Waals surface area contributed by atoms with Crippen LogP contribution in [0.4, 0.5) is 0 Å². The minimum Gasteiger partial charge on any atom is -0.274 e. The maximum Gasteiger partial charge on any atom is 0.196 e. The van der Waals surface area contributed by atoms with Crippen LogP contribution in [0.3, 0.4) is 0 Å². The first kappa shape index (κ1) is 19.4. The van der Waals surface area contributed by atoms with Crippen LogP contribution in [0.15, 0.2) is 71.9 Å². The first-order valence-corrected chi connectivity index (χ1v) is 12.6. The molecular formula is C27H29N3S. The summed E-state index contributed by atoms with van der Waals surface area (Å²) in [5.41, 5.74) is 2.67. The van der Waals surface area contributed by atoms with E-state index in [-0.39, 0.29) is 5.41 Å². The van der Waals surface area contributed by atoms with E-state index in [0.29, 0.717) is 0 Å². The Balaban J connectivity index is 1.32. The molecule has 0 saturated heterocycles. The molecule has 0 spiro atoms. The van der Waals surface area contributed by atoms with E-state index in [1.165, 1.54) is 55.6 Å². The Labute approximate surface area is 189 Å². The summed E-state index contributed by atoms with van der Waals surface area (Å²) >= 11 is 1.79. The van der Waals surface area contributed by atoms with Gasteiger partial charge < -0.3 is 0 Å². The molecule has 2 aromatic carbocycles. The number of hydrogen-bond acceptors (Lipinski definition) is 3. The van der Waals surface area contributed by atoms with Crippen LogP contribution >= 0.6 is 11.8 Å². The Kier molecular flexibility index (Phi) is 4.98. The molecule has 4 heteroatoms. The molecule has 3 aromatic rings. The number of aromatic nitrogens is 3. The van der Waals surface area contributed by atoms with E-state index >= 15 is 0 Å². The normalized spacial score (nSPS) is 29.1. The van der Waals surface area contributed by atoms with Gasteiger partial charge in [-0.25, -0.2) is 0 Å². The van der Waals surface area contributed by atoms with Gasteiger partial charge in [-0.15, -0.1) is 10.2 Å². The standard InChI is InChI=1S/C27H29N3S/c1-3-8-20(9-4-1)10-7-13-31-26-29-28-25(30(26)24-11-5-2-6-12-24)27-17-21-14-22(18-27)16-23(15-21)19-27/h1-12,21-23H,13-19H2/b10-7+. The summed E-state index contributed by atoms with van der Waals surface area (Å²) < 4.78 is 2.38. The fourth-order valence-corrected chi connectivity index (χ4v) is 7.53. The quantitative estimate of drug-likeness (QED) is 0.418. The van der Waals surface area contributed by atoms with Crippen molar-refractivity contribution in [3.8, 4) is 5.69 Å². The zero-order valence-corrected chi connectivity index (χ0v) is 18.7. The molecule has 1 aromatic heterocycles. The Bertz CT molecular complexity index is 1040. The van der Waals surface area contributed by atoms with Crippen LogP contribution in [0.5, 0.6) is 0 Å². The predicted octanol–water partition coefficient (Wildman–Crippen LogP) is 6.54. The van der Waals surface area contributed by atoms with Gasteiger partial charge in [0.05, 0.1) is 0 Å². The summed E-state index contributed by atoms with van der Waals surface area (Å²) in [7, 11) is 0. The number of para-hydroxylation sites is 1. The average molecular weight is 428 g/mol. The Morgan fingerprint density at radius 2 is 1.45 bits per heavy atom. The van der Waals surface area contributed by atoms with E-state index in [4.69, 9.17) is 10.2 Å². The van der Waals surface area contributed by atoms with Crippen molar-refractivity contribution in [2.24, 2.45) is 17.8 Å². The second kappa shape index (κ2) is 7.98. The molecule has 31 heavy (non-hydrogen) atoms. The fraction of sp³-hybridized carbons (Fsp3) is 0.407. The molecule has 4 saturated carbocycles. The summed E-state index contributed by atoms with van der Waals surface area (Å²) in [6, 6.07) is 21.2. The lowest BCUT2D eigenvalue weighted by Gasteiger charge is -2.56. The molecule has 1 heterocycles. The lowest BCUT2D eigenvalue weighted by atomic mass is 9.49. The second-order valence-electron chi connectivity index (χ2n) is 9.80. The second-order valence-corrected chi connectivity index (χ2v) is 10.8. The largest absolute Gasteiger partial charge is 0.274 e. The van der Waals surface area contributed by atoms with Crippen molar-refractivity contribution in [2.45, 2.75) is 49.1 Å². The van der Waals surface area contributed by atoms with Crippen molar-refractivity contribution in [2.75, 3.05) is 5.75 Å². The lowest BCUT2D eigenvalue weighted by molar-refractivity contribution is -0.0103. The SMILES string of the molecule is C(=C\c1ccccc1)/CSc1nnc(C23CC4CC(CC(C4)C2)C3)n1-c1ccccc1. The number of benzene rings is 2. The third-order valence-electron chi connectivity index (χ3n) is 7.58. The smallest absolute Gasteiger partial charge is 0.196 e. The molecule has 4 fully saturated rings. The number of nitrogens with zero attached hydrogens (tertiary/aromatic N) is 3. The monoisotopic (exact) mass is 427 g/mol. The molecule has 4 bridgehead atoms. The van der Waals surface area contributed by atoms with Gasteiger partial charge in [-0.3, -0.25) is 4.57 Å². The first-order valence-electron chi connectivity index (χ1n) is 11.6. The predicted molar refractivity (Wildman–Crippen MR) is 127 cm³/mol. The zero-order chi connectivity index (χ0) is 20.7. The summed E-state index contributed by atoms with van der Waals surface area (Å²) in [5, 5.41) is 10.6. The molecule has 7 rings (SSSR count). The van der Waals surface area contributed by atoms with Gasteiger partial charge in [-0.1, -0.05) is 72.4 Å². The molecule has 0 radical (unpaired) electrons. The summed E-state index contributed by atoms with van der Waals surface area (Å²) in [5.74, 6) is 4.82. The number of thioether (sulfide) groups is 1. The Morgan fingerprint density at radius 3 is 2.10 bits per heavy atom. The summed E-state index contributed by atoms with van der Waals surface area (Å²) in [6.07, 6.45) is 12.7. The molecule has 0 aliphatic heterocycles. The highest BCUT2D eigenvalue weighted by Crippen LogP contribution is 2.60. The van der Waals surface area contributed by atoms with Gasteiger partial charge in [-0.05, 0) is 74.0 Å². The first-order chi connectivity index (χ1) is 15.3. The molecule has 3 nitrogen and oxygen atoms in total. The highest BCUT2D eigenvalue weighted by Gasteiger charge is 2.54. The van der Waals surface area contributed by atoms with Crippen LogP contribution in [-0.2, 0) is 5.41 Å². The van der Waals surface area contributed by atoms with E-state index in [0.717, 1.165) is 28.7 Å². The van der Waals surface area contributed by atoms with Gasteiger partial charge >= 0.3 is 0 Å². The van der Waals surface area contributed by atoms with E-state index in [1.54, 1.807) is 11.8 Å². The van der Waals surface area contributed by atoms with Gasteiger partial charge in [0.25, 0.3) is 0 Å². The van der Waals surface area contributed by atoms with Crippen LogP contribution < -0.4 is 0 Å². The summed E-state index contributed by atoms with van der Waals surface area (Å²) in [4.78, 5) is 0. The maximum absolute atomic E-state index is 4.89. The van der Waals surface area contributed by atoms with Crippen molar-refractivity contribution >= 4 is 17.8 Å². The van der Waals surface area contributed by atoms with Crippen LogP contribution in [0.2, 0.25) is 0 Å². The molecule has 0 N–H and O–H groups in total. The van der Waals surface area contributed by atoms with Crippen molar-refractivity contribution in [1.82, 2.24) is 14.8 Å². The Morgan fingerprint density at radius 1 is 0.839 bits per heavy atom. The van der Waals surface area contributed by atoms with Crippen LogP contribution in [0, 0.1) is 17.8 Å². The number of rotatable bonds is 6. The highest BCUT2D eigenvalue weighted by atomic mass is 32.2. The third kappa shape index (κ3) is 3.65. The van der Waals surface area contributed by atoms with Crippen molar-refractivity contribution in [3.05, 3.63) is 78.1 Å². The average Bonchev–Trinajstić information content (AvgIpc) is 3.22. The third-order valence-corrected chi connectivity index (χ3v) is 8.46. The number of hydrogen-bond donors (Lipinski definition) is 0. The lowest BCUT2D eigenvalue weighted by Crippen LogP contribution is -2.49. The van der Waals surface area contributed by atoms with Crippen molar-refractivity contribution in [3.63, 3.8) is 0 Å². The van der Waals surface area contributed by atoms with E-state index in [2.05, 4.69) is 77.4 Å². The van der Waals surface area contributed by atoms with Gasteiger partial charge in [0.1, 0.15) is 5.82 Å². The molecule has 0 amide bonds. The van der Waals surface area contributed by atoms with Gasteiger partial charge in [-0.2, -0.15) is 0 Å². The molecule has 4 aliphatic carbocycles. The van der Waals surface area contributed by atoms with Crippen molar-refractivity contribution < 1.29 is 0 Å². The Hall–Kier alpha value is -2.33.